The number of hydrogen-bond donors (Lipinski definition) is 2. The first-order chi connectivity index (χ1) is 19.4. The SMILES string of the molecule is CN(C)C1=NC(c2ccc(OCCCP(Cl)(c3ccccc3)(c3ccccc3)c3ccccc3)cc2)N=C(N)N1. The van der Waals surface area contributed by atoms with Crippen LogP contribution in [0.2, 0.25) is 0 Å². The minimum atomic E-state index is -3.29. The number of benzene rings is 4. The van der Waals surface area contributed by atoms with Crippen molar-refractivity contribution in [2.45, 2.75) is 12.6 Å². The van der Waals surface area contributed by atoms with Gasteiger partial charge in [-0.15, -0.1) is 0 Å². The Bertz CT molecular complexity index is 1380. The molecule has 0 aromatic heterocycles. The Morgan fingerprint density at radius 1 is 0.775 bits per heavy atom. The van der Waals surface area contributed by atoms with E-state index in [9.17, 15) is 0 Å². The number of rotatable bonds is 9. The van der Waals surface area contributed by atoms with Crippen molar-refractivity contribution in [1.82, 2.24) is 10.2 Å². The zero-order valence-corrected chi connectivity index (χ0v) is 24.5. The van der Waals surface area contributed by atoms with E-state index < -0.39 is 12.1 Å². The molecule has 1 aliphatic heterocycles. The molecule has 0 aliphatic carbocycles. The molecule has 1 atom stereocenters. The number of guanidine groups is 2. The minimum absolute atomic E-state index is 0.349. The van der Waals surface area contributed by atoms with Crippen LogP contribution in [0.3, 0.4) is 0 Å². The Hall–Kier alpha value is -3.86. The van der Waals surface area contributed by atoms with Gasteiger partial charge in [0.05, 0.1) is 0 Å². The summed E-state index contributed by atoms with van der Waals surface area (Å²) in [5.41, 5.74) is 6.92. The second-order valence-electron chi connectivity index (χ2n) is 10.0. The number of hydrogen-bond acceptors (Lipinski definition) is 6. The molecule has 4 aromatic rings. The molecule has 0 spiro atoms. The van der Waals surface area contributed by atoms with Crippen LogP contribution in [0.25, 0.3) is 0 Å². The summed E-state index contributed by atoms with van der Waals surface area (Å²) in [6.07, 6.45) is 1.17. The normalized spacial score (nSPS) is 16.1. The summed E-state index contributed by atoms with van der Waals surface area (Å²) >= 11 is 8.14. The first-order valence-corrected chi connectivity index (χ1v) is 16.7. The van der Waals surface area contributed by atoms with Gasteiger partial charge in [0.1, 0.15) is 0 Å². The molecule has 3 N–H and O–H groups in total. The summed E-state index contributed by atoms with van der Waals surface area (Å²) in [5, 5.41) is 6.47. The molecule has 0 fully saturated rings. The van der Waals surface area contributed by atoms with E-state index in [0.717, 1.165) is 39.8 Å². The van der Waals surface area contributed by atoms with Gasteiger partial charge in [-0.05, 0) is 0 Å². The van der Waals surface area contributed by atoms with E-state index >= 15 is 0 Å². The van der Waals surface area contributed by atoms with Crippen LogP contribution < -0.4 is 31.7 Å². The Kier molecular flexibility index (Phi) is 8.11. The first-order valence-electron chi connectivity index (χ1n) is 13.4. The fourth-order valence-corrected chi connectivity index (χ4v) is 11.3. The van der Waals surface area contributed by atoms with Crippen molar-refractivity contribution in [2.24, 2.45) is 15.7 Å². The van der Waals surface area contributed by atoms with Crippen molar-refractivity contribution in [3.8, 4) is 5.75 Å². The van der Waals surface area contributed by atoms with Gasteiger partial charge in [0, 0.05) is 14.1 Å². The average molecular weight is 572 g/mol. The Morgan fingerprint density at radius 2 is 1.27 bits per heavy atom. The zero-order valence-electron chi connectivity index (χ0n) is 22.8. The number of ether oxygens (including phenoxy) is 1. The quantitative estimate of drug-likeness (QED) is 0.220. The number of aliphatic imine (C=N–C) groups is 2. The van der Waals surface area contributed by atoms with Gasteiger partial charge in [-0.2, -0.15) is 0 Å². The van der Waals surface area contributed by atoms with Gasteiger partial charge in [0.2, 0.25) is 0 Å². The summed E-state index contributed by atoms with van der Waals surface area (Å²) in [5.74, 6) is -1.47. The van der Waals surface area contributed by atoms with Gasteiger partial charge >= 0.3 is 228 Å². The van der Waals surface area contributed by atoms with E-state index in [1.807, 2.05) is 61.5 Å². The van der Waals surface area contributed by atoms with Crippen molar-refractivity contribution in [3.63, 3.8) is 0 Å². The molecule has 0 radical (unpaired) electrons. The van der Waals surface area contributed by atoms with Gasteiger partial charge in [-0.25, -0.2) is 0 Å². The third-order valence-electron chi connectivity index (χ3n) is 7.22. The van der Waals surface area contributed by atoms with Crippen LogP contribution in [0.5, 0.6) is 5.75 Å². The van der Waals surface area contributed by atoms with Crippen LogP contribution in [-0.2, 0) is 0 Å². The summed E-state index contributed by atoms with van der Waals surface area (Å²) in [6.45, 7) is 0.540. The molecule has 206 valence electrons. The third kappa shape index (κ3) is 5.42. The fourth-order valence-electron chi connectivity index (χ4n) is 5.17. The van der Waals surface area contributed by atoms with Crippen LogP contribution in [-0.4, -0.2) is 43.7 Å². The summed E-state index contributed by atoms with van der Waals surface area (Å²) in [6, 6.07) is 39.5. The van der Waals surface area contributed by atoms with Crippen molar-refractivity contribution in [3.05, 3.63) is 121 Å². The molecule has 0 saturated heterocycles. The molecule has 0 amide bonds. The van der Waals surface area contributed by atoms with Crippen molar-refractivity contribution >= 4 is 45.0 Å². The van der Waals surface area contributed by atoms with E-state index in [0.29, 0.717) is 18.5 Å². The molecule has 1 heterocycles. The number of nitrogens with zero attached hydrogens (tertiary/aromatic N) is 3. The molecule has 5 rings (SSSR count). The van der Waals surface area contributed by atoms with Crippen LogP contribution in [0.1, 0.15) is 18.2 Å². The van der Waals surface area contributed by atoms with E-state index in [-0.39, 0.29) is 0 Å². The second-order valence-corrected chi connectivity index (χ2v) is 16.6. The summed E-state index contributed by atoms with van der Waals surface area (Å²) in [7, 11) is 3.82. The maximum absolute atomic E-state index is 8.14. The Morgan fingerprint density at radius 3 is 1.75 bits per heavy atom. The van der Waals surface area contributed by atoms with E-state index in [4.69, 9.17) is 21.7 Å². The van der Waals surface area contributed by atoms with E-state index in [2.05, 4.69) is 88.1 Å². The molecular formula is C32H35ClN5OP. The van der Waals surface area contributed by atoms with Crippen LogP contribution in [0.4, 0.5) is 0 Å². The second kappa shape index (κ2) is 11.7. The zero-order chi connectivity index (χ0) is 28.0. The molecule has 8 heteroatoms. The topological polar surface area (TPSA) is 75.2 Å². The average Bonchev–Trinajstić information content (AvgIpc) is 3.00. The van der Waals surface area contributed by atoms with Gasteiger partial charge in [0.15, 0.2) is 0 Å². The van der Waals surface area contributed by atoms with Gasteiger partial charge < -0.3 is 0 Å². The standard InChI is InChI=1S/C32H35ClN5OP/c1-38(2)32-36-30(35-31(34)37-32)25-19-21-26(22-20-25)39-23-12-24-40(33,27-13-6-3-7-14-27,28-15-8-4-9-16-28)29-17-10-5-11-18-29/h3-11,13-22,30H,12,23-24H2,1-2H3,(H3,34,35,36,37). The molecular weight excluding hydrogens is 537 g/mol. The van der Waals surface area contributed by atoms with Gasteiger partial charge in [-0.1, -0.05) is 0 Å². The van der Waals surface area contributed by atoms with Crippen LogP contribution in [0, 0.1) is 0 Å². The molecule has 0 saturated carbocycles. The fraction of sp³-hybridized carbons (Fsp3) is 0.188. The molecule has 1 unspecified atom stereocenters. The first kappa shape index (κ1) is 27.7. The number of nitrogens with one attached hydrogen (secondary N) is 1. The molecule has 6 nitrogen and oxygen atoms in total. The molecule has 0 bridgehead atoms. The molecule has 1 aliphatic rings. The number of halogens is 1. The van der Waals surface area contributed by atoms with E-state index in [1.165, 1.54) is 0 Å². The van der Waals surface area contributed by atoms with Crippen molar-refractivity contribution < 1.29 is 4.74 Å². The summed E-state index contributed by atoms with van der Waals surface area (Å²) in [4.78, 5) is 10.9. The van der Waals surface area contributed by atoms with Crippen molar-refractivity contribution in [2.75, 3.05) is 26.9 Å². The van der Waals surface area contributed by atoms with Crippen LogP contribution >= 0.6 is 17.2 Å². The number of nitrogens with two attached hydrogens (primary N) is 1. The third-order valence-corrected chi connectivity index (χ3v) is 14.8. The van der Waals surface area contributed by atoms with Gasteiger partial charge in [0.25, 0.3) is 0 Å². The maximum atomic E-state index is 8.14. The Balaban J connectivity index is 1.37. The summed E-state index contributed by atoms with van der Waals surface area (Å²) < 4.78 is 6.22. The molecule has 4 aromatic carbocycles. The van der Waals surface area contributed by atoms with E-state index in [1.54, 1.807) is 0 Å². The van der Waals surface area contributed by atoms with Gasteiger partial charge in [-0.3, -0.25) is 0 Å². The van der Waals surface area contributed by atoms with Crippen LogP contribution in [0.15, 0.2) is 125 Å². The van der Waals surface area contributed by atoms with Crippen molar-refractivity contribution in [1.29, 1.82) is 0 Å². The predicted molar refractivity (Wildman–Crippen MR) is 171 cm³/mol. The monoisotopic (exact) mass is 571 g/mol. The molecule has 40 heavy (non-hydrogen) atoms. The predicted octanol–water partition coefficient (Wildman–Crippen LogP) is 4.97. The Labute approximate surface area is 241 Å².